The lowest BCUT2D eigenvalue weighted by Gasteiger charge is -2.36. The molecular weight excluding hydrogens is 322 g/mol. The summed E-state index contributed by atoms with van der Waals surface area (Å²) in [6.07, 6.45) is 2.03. The number of anilines is 1. The number of carbonyl (C=O) groups is 1. The van der Waals surface area contributed by atoms with Crippen molar-refractivity contribution in [2.45, 2.75) is 0 Å². The lowest BCUT2D eigenvalue weighted by molar-refractivity contribution is -0.116. The van der Waals surface area contributed by atoms with Crippen molar-refractivity contribution < 1.29 is 9.53 Å². The number of benzene rings is 1. The van der Waals surface area contributed by atoms with Crippen LogP contribution in [0.5, 0.6) is 0 Å². The molecule has 1 N–H and O–H groups in total. The first-order valence-electron chi connectivity index (χ1n) is 8.46. The number of rotatable bonds is 5. The molecule has 2 heterocycles. The second-order valence-corrected chi connectivity index (χ2v) is 7.13. The van der Waals surface area contributed by atoms with Crippen LogP contribution in [0.25, 0.3) is 6.08 Å². The number of ether oxygens (including phenoxy) is 1. The molecule has 5 nitrogen and oxygen atoms in total. The van der Waals surface area contributed by atoms with Gasteiger partial charge in [-0.3, -0.25) is 9.69 Å². The zero-order chi connectivity index (χ0) is 16.8. The highest BCUT2D eigenvalue weighted by Gasteiger charge is 2.20. The minimum absolute atomic E-state index is 0.0467. The van der Waals surface area contributed by atoms with E-state index >= 15 is 0 Å². The lowest BCUT2D eigenvalue weighted by Crippen LogP contribution is -2.47. The highest BCUT2D eigenvalue weighted by atomic mass is 32.2. The van der Waals surface area contributed by atoms with Gasteiger partial charge >= 0.3 is 0 Å². The Hall–Kier alpha value is -1.50. The Bertz CT molecular complexity index is 598. The van der Waals surface area contributed by atoms with Crippen molar-refractivity contribution >= 4 is 29.4 Å². The largest absolute Gasteiger partial charge is 0.383 e. The Labute approximate surface area is 148 Å². The fourth-order valence-electron chi connectivity index (χ4n) is 3.06. The summed E-state index contributed by atoms with van der Waals surface area (Å²) in [6, 6.07) is 8.36. The minimum Gasteiger partial charge on any atom is -0.383 e. The van der Waals surface area contributed by atoms with Gasteiger partial charge in [0, 0.05) is 57.8 Å². The lowest BCUT2D eigenvalue weighted by atomic mass is 10.1. The summed E-state index contributed by atoms with van der Waals surface area (Å²) in [6.45, 7) is 6.63. The van der Waals surface area contributed by atoms with Gasteiger partial charge in [-0.15, -0.1) is 11.8 Å². The van der Waals surface area contributed by atoms with Crippen molar-refractivity contribution in [1.29, 1.82) is 0 Å². The second kappa shape index (κ2) is 8.55. The van der Waals surface area contributed by atoms with Gasteiger partial charge in [0.25, 0.3) is 5.91 Å². The van der Waals surface area contributed by atoms with E-state index in [0.29, 0.717) is 0 Å². The normalized spacial score (nSPS) is 21.1. The Morgan fingerprint density at radius 2 is 2.04 bits per heavy atom. The summed E-state index contributed by atoms with van der Waals surface area (Å²) in [7, 11) is 1.75. The van der Waals surface area contributed by atoms with Crippen LogP contribution in [0.15, 0.2) is 29.2 Å². The predicted molar refractivity (Wildman–Crippen MR) is 100 cm³/mol. The van der Waals surface area contributed by atoms with E-state index in [2.05, 4.69) is 33.3 Å². The van der Waals surface area contributed by atoms with Gasteiger partial charge in [0.15, 0.2) is 0 Å². The molecule has 1 amide bonds. The summed E-state index contributed by atoms with van der Waals surface area (Å²) in [4.78, 5) is 17.7. The van der Waals surface area contributed by atoms with Crippen molar-refractivity contribution in [3.05, 3.63) is 34.7 Å². The molecule has 24 heavy (non-hydrogen) atoms. The number of methoxy groups -OCH3 is 1. The molecule has 0 spiro atoms. The molecule has 6 heteroatoms. The molecule has 2 fully saturated rings. The van der Waals surface area contributed by atoms with Crippen molar-refractivity contribution in [3.8, 4) is 0 Å². The number of para-hydroxylation sites is 1. The Morgan fingerprint density at radius 3 is 2.79 bits per heavy atom. The number of hydrogen-bond acceptors (Lipinski definition) is 5. The van der Waals surface area contributed by atoms with E-state index in [1.807, 2.05) is 12.1 Å². The first-order valence-corrected chi connectivity index (χ1v) is 9.44. The molecule has 130 valence electrons. The van der Waals surface area contributed by atoms with Gasteiger partial charge in [0.2, 0.25) is 0 Å². The third-order valence-electron chi connectivity index (χ3n) is 4.42. The van der Waals surface area contributed by atoms with Gasteiger partial charge in [0.05, 0.1) is 11.5 Å². The van der Waals surface area contributed by atoms with Crippen LogP contribution < -0.4 is 10.2 Å². The zero-order valence-corrected chi connectivity index (χ0v) is 15.0. The Balaban J connectivity index is 1.71. The topological polar surface area (TPSA) is 44.8 Å². The number of hydrogen-bond donors (Lipinski definition) is 1. The van der Waals surface area contributed by atoms with E-state index in [1.165, 1.54) is 5.69 Å². The standard InChI is InChI=1S/C18H25N3O2S/c1-23-12-11-20-7-9-21(10-8-20)16-5-3-2-4-15(16)14-17-18(22)19-6-13-24-17/h2-5,14H,6-13H2,1H3,(H,19,22). The molecule has 0 unspecified atom stereocenters. The molecule has 0 radical (unpaired) electrons. The molecule has 0 atom stereocenters. The van der Waals surface area contributed by atoms with Crippen LogP contribution in [0, 0.1) is 0 Å². The Morgan fingerprint density at radius 1 is 1.25 bits per heavy atom. The third-order valence-corrected chi connectivity index (χ3v) is 5.44. The van der Waals surface area contributed by atoms with Crippen LogP contribution in [0.1, 0.15) is 5.56 Å². The molecular formula is C18H25N3O2S. The monoisotopic (exact) mass is 347 g/mol. The SMILES string of the molecule is COCCN1CCN(c2ccccc2C=C2SCCNC2=O)CC1. The number of carbonyl (C=O) groups excluding carboxylic acids is 1. The average molecular weight is 347 g/mol. The molecule has 0 aromatic heterocycles. The van der Waals surface area contributed by atoms with E-state index in [1.54, 1.807) is 18.9 Å². The zero-order valence-electron chi connectivity index (χ0n) is 14.2. The first-order chi connectivity index (χ1) is 11.8. The van der Waals surface area contributed by atoms with Crippen molar-refractivity contribution in [1.82, 2.24) is 10.2 Å². The summed E-state index contributed by atoms with van der Waals surface area (Å²) >= 11 is 1.64. The first kappa shape index (κ1) is 17.3. The molecule has 1 aromatic carbocycles. The molecule has 0 bridgehead atoms. The average Bonchev–Trinajstić information content (AvgIpc) is 2.63. The summed E-state index contributed by atoms with van der Waals surface area (Å²) < 4.78 is 5.17. The minimum atomic E-state index is 0.0467. The Kier molecular flexibility index (Phi) is 6.18. The van der Waals surface area contributed by atoms with Crippen LogP contribution in [-0.4, -0.2) is 69.5 Å². The van der Waals surface area contributed by atoms with Gasteiger partial charge in [0.1, 0.15) is 0 Å². The molecule has 1 aromatic rings. The summed E-state index contributed by atoms with van der Waals surface area (Å²) in [5.41, 5.74) is 2.35. The molecule has 2 aliphatic heterocycles. The highest BCUT2D eigenvalue weighted by molar-refractivity contribution is 8.04. The molecule has 0 aliphatic carbocycles. The van der Waals surface area contributed by atoms with Crippen molar-refractivity contribution in [2.24, 2.45) is 0 Å². The van der Waals surface area contributed by atoms with Crippen LogP contribution in [0.2, 0.25) is 0 Å². The quantitative estimate of drug-likeness (QED) is 0.821. The van der Waals surface area contributed by atoms with Gasteiger partial charge in [-0.05, 0) is 17.7 Å². The van der Waals surface area contributed by atoms with Crippen LogP contribution in [-0.2, 0) is 9.53 Å². The molecule has 2 aliphatic rings. The predicted octanol–water partition coefficient (Wildman–Crippen LogP) is 1.66. The maximum absolute atomic E-state index is 12.0. The number of nitrogens with zero attached hydrogens (tertiary/aromatic N) is 2. The number of thioether (sulfide) groups is 1. The van der Waals surface area contributed by atoms with Gasteiger partial charge in [-0.25, -0.2) is 0 Å². The maximum atomic E-state index is 12.0. The molecule has 3 rings (SSSR count). The van der Waals surface area contributed by atoms with Gasteiger partial charge < -0.3 is 15.0 Å². The van der Waals surface area contributed by atoms with Gasteiger partial charge in [-0.1, -0.05) is 18.2 Å². The molecule has 0 saturated carbocycles. The van der Waals surface area contributed by atoms with E-state index in [9.17, 15) is 4.79 Å². The van der Waals surface area contributed by atoms with E-state index < -0.39 is 0 Å². The van der Waals surface area contributed by atoms with Crippen LogP contribution in [0.3, 0.4) is 0 Å². The fraction of sp³-hybridized carbons (Fsp3) is 0.500. The van der Waals surface area contributed by atoms with Gasteiger partial charge in [-0.2, -0.15) is 0 Å². The highest BCUT2D eigenvalue weighted by Crippen LogP contribution is 2.28. The number of amides is 1. The van der Waals surface area contributed by atoms with Crippen molar-refractivity contribution in [3.63, 3.8) is 0 Å². The third kappa shape index (κ3) is 4.32. The van der Waals surface area contributed by atoms with E-state index in [4.69, 9.17) is 4.74 Å². The smallest absolute Gasteiger partial charge is 0.257 e. The summed E-state index contributed by atoms with van der Waals surface area (Å²) in [5.74, 6) is 0.989. The van der Waals surface area contributed by atoms with Crippen molar-refractivity contribution in [2.75, 3.05) is 63.6 Å². The maximum Gasteiger partial charge on any atom is 0.257 e. The van der Waals surface area contributed by atoms with E-state index in [-0.39, 0.29) is 5.91 Å². The van der Waals surface area contributed by atoms with Crippen LogP contribution in [0.4, 0.5) is 5.69 Å². The second-order valence-electron chi connectivity index (χ2n) is 5.99. The summed E-state index contributed by atoms with van der Waals surface area (Å²) in [5, 5.41) is 2.92. The number of piperazine rings is 1. The fourth-order valence-corrected chi connectivity index (χ4v) is 3.89. The molecule has 2 saturated heterocycles. The van der Waals surface area contributed by atoms with E-state index in [0.717, 1.165) is 62.1 Å². The number of nitrogens with one attached hydrogen (secondary N) is 1. The van der Waals surface area contributed by atoms with Crippen LogP contribution >= 0.6 is 11.8 Å².